The van der Waals surface area contributed by atoms with Crippen LogP contribution in [-0.4, -0.2) is 60.1 Å². The van der Waals surface area contributed by atoms with Crippen LogP contribution in [0.3, 0.4) is 0 Å². The van der Waals surface area contributed by atoms with Crippen molar-refractivity contribution in [3.8, 4) is 0 Å². The number of rotatable bonds is 7. The third-order valence-electron chi connectivity index (χ3n) is 4.90. The highest BCUT2D eigenvalue weighted by molar-refractivity contribution is 5.79. The summed E-state index contributed by atoms with van der Waals surface area (Å²) in [6.45, 7) is 4.67. The van der Waals surface area contributed by atoms with Gasteiger partial charge in [0.25, 0.3) is 0 Å². The fourth-order valence-electron chi connectivity index (χ4n) is 3.23. The van der Waals surface area contributed by atoms with Crippen molar-refractivity contribution in [3.05, 3.63) is 35.9 Å². The van der Waals surface area contributed by atoms with E-state index in [1.165, 1.54) is 0 Å². The molecule has 0 spiro atoms. The van der Waals surface area contributed by atoms with Crippen LogP contribution in [0.25, 0.3) is 0 Å². The quantitative estimate of drug-likeness (QED) is 0.524. The minimum absolute atomic E-state index is 0.0898. The summed E-state index contributed by atoms with van der Waals surface area (Å²) in [6, 6.07) is 9.23. The minimum Gasteiger partial charge on any atom is -0.475 e. The molecule has 1 aromatic carbocycles. The van der Waals surface area contributed by atoms with E-state index in [9.17, 15) is 23.1 Å². The lowest BCUT2D eigenvalue weighted by molar-refractivity contribution is -0.192. The van der Waals surface area contributed by atoms with Crippen LogP contribution < -0.4 is 10.6 Å². The number of amides is 1. The summed E-state index contributed by atoms with van der Waals surface area (Å²) in [5.41, 5.74) is 0.800. The second kappa shape index (κ2) is 11.9. The van der Waals surface area contributed by atoms with E-state index >= 15 is 0 Å². The van der Waals surface area contributed by atoms with Crippen molar-refractivity contribution >= 4 is 11.9 Å². The van der Waals surface area contributed by atoms with E-state index in [1.54, 1.807) is 7.11 Å². The molecule has 1 aliphatic heterocycles. The number of aliphatic carboxylic acids is 1. The second-order valence-electron chi connectivity index (χ2n) is 7.15. The van der Waals surface area contributed by atoms with Crippen LogP contribution in [0.15, 0.2) is 30.3 Å². The van der Waals surface area contributed by atoms with Gasteiger partial charge in [0.2, 0.25) is 5.91 Å². The van der Waals surface area contributed by atoms with Crippen molar-refractivity contribution in [1.82, 2.24) is 10.6 Å². The van der Waals surface area contributed by atoms with Gasteiger partial charge < -0.3 is 25.6 Å². The number of alkyl halides is 3. The maximum absolute atomic E-state index is 12.5. The Labute approximate surface area is 173 Å². The van der Waals surface area contributed by atoms with Gasteiger partial charge in [0.1, 0.15) is 0 Å². The first kappa shape index (κ1) is 25.9. The van der Waals surface area contributed by atoms with Gasteiger partial charge in [0.05, 0.1) is 24.2 Å². The number of carboxylic acid groups (broad SMARTS) is 1. The molecule has 0 saturated carbocycles. The van der Waals surface area contributed by atoms with Crippen molar-refractivity contribution in [1.29, 1.82) is 0 Å². The smallest absolute Gasteiger partial charge is 0.475 e. The third kappa shape index (κ3) is 7.92. The highest BCUT2D eigenvalue weighted by atomic mass is 19.4. The molecule has 1 aliphatic rings. The molecule has 0 bridgehead atoms. The maximum atomic E-state index is 12.5. The lowest BCUT2D eigenvalue weighted by Gasteiger charge is -2.29. The van der Waals surface area contributed by atoms with Gasteiger partial charge in [0.15, 0.2) is 0 Å². The van der Waals surface area contributed by atoms with Crippen LogP contribution in [0.4, 0.5) is 13.2 Å². The van der Waals surface area contributed by atoms with Crippen LogP contribution >= 0.6 is 0 Å². The van der Waals surface area contributed by atoms with Gasteiger partial charge in [-0.2, -0.15) is 13.2 Å². The second-order valence-corrected chi connectivity index (χ2v) is 7.15. The van der Waals surface area contributed by atoms with E-state index in [4.69, 9.17) is 14.6 Å². The molecule has 0 aromatic heterocycles. The van der Waals surface area contributed by atoms with Crippen LogP contribution in [0.5, 0.6) is 0 Å². The number of ether oxygens (including phenoxy) is 1. The minimum atomic E-state index is -5.08. The fraction of sp³-hybridized carbons (Fsp3) is 0.600. The Bertz CT molecular complexity index is 666. The standard InChI is InChI=1S/C18H28N2O3.C2HF3O2/c1-12(17(23-3)15-10-7-11-19-15)18(22)20-13(2)16(21)14-8-5-4-6-9-14;3-2(4,5)1(6)7/h4-6,8-9,12-13,15-17,19,21H,7,10-11H2,1-3H3,(H,20,22);(H,6,7)/t12-,13-,15?,16-,17-;/m1./s1. The molecule has 0 aliphatic carbocycles. The number of nitrogens with one attached hydrogen (secondary N) is 2. The van der Waals surface area contributed by atoms with Gasteiger partial charge in [-0.05, 0) is 31.9 Å². The number of halogens is 3. The Morgan fingerprint density at radius 3 is 2.23 bits per heavy atom. The Morgan fingerprint density at radius 2 is 1.80 bits per heavy atom. The van der Waals surface area contributed by atoms with Crippen LogP contribution in [0.1, 0.15) is 38.4 Å². The van der Waals surface area contributed by atoms with Gasteiger partial charge in [-0.3, -0.25) is 4.79 Å². The first-order valence-corrected chi connectivity index (χ1v) is 9.58. The third-order valence-corrected chi connectivity index (χ3v) is 4.90. The Kier molecular flexibility index (Phi) is 10.2. The van der Waals surface area contributed by atoms with E-state index in [-0.39, 0.29) is 30.0 Å². The summed E-state index contributed by atoms with van der Waals surface area (Å²) < 4.78 is 37.3. The highest BCUT2D eigenvalue weighted by Crippen LogP contribution is 2.21. The largest absolute Gasteiger partial charge is 0.490 e. The van der Waals surface area contributed by atoms with Crippen LogP contribution in [-0.2, 0) is 14.3 Å². The van der Waals surface area contributed by atoms with E-state index in [1.807, 2.05) is 44.2 Å². The molecule has 1 heterocycles. The Hall–Kier alpha value is -2.17. The molecular weight excluding hydrogens is 405 g/mol. The normalized spacial score (nSPS) is 20.3. The molecular formula is C20H29F3N2O5. The predicted octanol–water partition coefficient (Wildman–Crippen LogP) is 2.26. The molecule has 170 valence electrons. The maximum Gasteiger partial charge on any atom is 0.490 e. The van der Waals surface area contributed by atoms with Crippen molar-refractivity contribution in [2.45, 2.75) is 57.2 Å². The number of methoxy groups -OCH3 is 1. The summed E-state index contributed by atoms with van der Waals surface area (Å²) >= 11 is 0. The first-order valence-electron chi connectivity index (χ1n) is 9.58. The van der Waals surface area contributed by atoms with Crippen molar-refractivity contribution in [2.24, 2.45) is 5.92 Å². The van der Waals surface area contributed by atoms with E-state index in [2.05, 4.69) is 10.6 Å². The molecule has 1 amide bonds. The summed E-state index contributed by atoms with van der Waals surface area (Å²) in [5.74, 6) is -3.12. The molecule has 1 aromatic rings. The lowest BCUT2D eigenvalue weighted by atomic mass is 9.94. The van der Waals surface area contributed by atoms with Crippen LogP contribution in [0, 0.1) is 5.92 Å². The monoisotopic (exact) mass is 434 g/mol. The van der Waals surface area contributed by atoms with Gasteiger partial charge in [-0.1, -0.05) is 37.3 Å². The van der Waals surface area contributed by atoms with E-state index in [0.29, 0.717) is 0 Å². The summed E-state index contributed by atoms with van der Waals surface area (Å²) in [5, 5.41) is 23.8. The predicted molar refractivity (Wildman–Crippen MR) is 104 cm³/mol. The fourth-order valence-corrected chi connectivity index (χ4v) is 3.23. The average molecular weight is 434 g/mol. The molecule has 1 fully saturated rings. The Balaban J connectivity index is 0.000000553. The number of hydrogen-bond acceptors (Lipinski definition) is 5. The first-order chi connectivity index (χ1) is 14.0. The highest BCUT2D eigenvalue weighted by Gasteiger charge is 2.38. The van der Waals surface area contributed by atoms with Crippen LogP contribution in [0.2, 0.25) is 0 Å². The molecule has 2 rings (SSSR count). The lowest BCUT2D eigenvalue weighted by Crippen LogP contribution is -2.48. The number of carbonyl (C=O) groups excluding carboxylic acids is 1. The van der Waals surface area contributed by atoms with Gasteiger partial charge in [-0.15, -0.1) is 0 Å². The molecule has 1 unspecified atom stereocenters. The molecule has 1 saturated heterocycles. The molecule has 10 heteroatoms. The zero-order chi connectivity index (χ0) is 22.9. The topological polar surface area (TPSA) is 108 Å². The number of carbonyl (C=O) groups is 2. The van der Waals surface area contributed by atoms with Crippen molar-refractivity contribution in [3.63, 3.8) is 0 Å². The number of benzene rings is 1. The van der Waals surface area contributed by atoms with E-state index < -0.39 is 18.2 Å². The zero-order valence-electron chi connectivity index (χ0n) is 17.1. The van der Waals surface area contributed by atoms with Gasteiger partial charge in [-0.25, -0.2) is 4.79 Å². The van der Waals surface area contributed by atoms with Gasteiger partial charge in [0, 0.05) is 13.2 Å². The summed E-state index contributed by atoms with van der Waals surface area (Å²) in [4.78, 5) is 21.4. The Morgan fingerprint density at radius 1 is 1.23 bits per heavy atom. The molecule has 0 radical (unpaired) electrons. The van der Waals surface area contributed by atoms with E-state index in [0.717, 1.165) is 24.9 Å². The molecule has 7 nitrogen and oxygen atoms in total. The summed E-state index contributed by atoms with van der Waals surface area (Å²) in [6.07, 6.45) is -3.82. The number of hydrogen-bond donors (Lipinski definition) is 4. The molecule has 30 heavy (non-hydrogen) atoms. The number of carboxylic acids is 1. The zero-order valence-corrected chi connectivity index (χ0v) is 17.1. The average Bonchev–Trinajstić information content (AvgIpc) is 3.22. The summed E-state index contributed by atoms with van der Waals surface area (Å²) in [7, 11) is 1.65. The van der Waals surface area contributed by atoms with Gasteiger partial charge >= 0.3 is 12.1 Å². The SMILES string of the molecule is CO[C@@H](C1CCCN1)[C@@H](C)C(=O)N[C@H](C)[C@@H](O)c1ccccc1.O=C(O)C(F)(F)F. The number of aliphatic hydroxyl groups excluding tert-OH is 1. The molecule has 5 atom stereocenters. The molecule has 4 N–H and O–H groups in total. The van der Waals surface area contributed by atoms with Crippen molar-refractivity contribution in [2.75, 3.05) is 13.7 Å². The number of aliphatic hydroxyl groups is 1. The van der Waals surface area contributed by atoms with Crippen molar-refractivity contribution < 1.29 is 37.7 Å².